The number of amides is 2. The van der Waals surface area contributed by atoms with Crippen molar-refractivity contribution < 1.29 is 28.8 Å². The van der Waals surface area contributed by atoms with Gasteiger partial charge in [0.25, 0.3) is 17.5 Å². The molecule has 29 heavy (non-hydrogen) atoms. The SMILES string of the molecule is Cc1ccc(C)c(OCCOC(=O)CN2C(=O)c3cccc([N+](=O)[O-])c3C2=O)c1. The molecule has 0 atom stereocenters. The Labute approximate surface area is 166 Å². The molecule has 2 amide bonds. The number of fused-ring (bicyclic) bond motifs is 1. The molecule has 9 heteroatoms. The first-order valence-electron chi connectivity index (χ1n) is 8.79. The van der Waals surface area contributed by atoms with Crippen LogP contribution in [0, 0.1) is 24.0 Å². The van der Waals surface area contributed by atoms with E-state index in [2.05, 4.69) is 0 Å². The van der Waals surface area contributed by atoms with E-state index in [0.717, 1.165) is 17.2 Å². The van der Waals surface area contributed by atoms with Crippen LogP contribution >= 0.6 is 0 Å². The van der Waals surface area contributed by atoms with E-state index in [0.29, 0.717) is 10.6 Å². The second-order valence-corrected chi connectivity index (χ2v) is 6.49. The van der Waals surface area contributed by atoms with Crippen LogP contribution in [0.3, 0.4) is 0 Å². The molecule has 0 unspecified atom stereocenters. The molecule has 3 rings (SSSR count). The number of imide groups is 1. The van der Waals surface area contributed by atoms with Crippen molar-refractivity contribution in [2.24, 2.45) is 0 Å². The number of esters is 1. The molecule has 0 saturated heterocycles. The first-order chi connectivity index (χ1) is 13.8. The number of carbonyl (C=O) groups excluding carboxylic acids is 3. The zero-order chi connectivity index (χ0) is 21.1. The molecule has 0 aliphatic carbocycles. The summed E-state index contributed by atoms with van der Waals surface area (Å²) in [5.41, 5.74) is 1.08. The Morgan fingerprint density at radius 3 is 2.59 bits per heavy atom. The summed E-state index contributed by atoms with van der Waals surface area (Å²) < 4.78 is 10.6. The molecule has 1 heterocycles. The number of ether oxygens (including phenoxy) is 2. The summed E-state index contributed by atoms with van der Waals surface area (Å²) >= 11 is 0. The Bertz CT molecular complexity index is 1020. The van der Waals surface area contributed by atoms with Crippen LogP contribution in [0.15, 0.2) is 36.4 Å². The van der Waals surface area contributed by atoms with Crippen molar-refractivity contribution in [1.82, 2.24) is 4.90 Å². The molecule has 0 saturated carbocycles. The van der Waals surface area contributed by atoms with Gasteiger partial charge in [-0.1, -0.05) is 18.2 Å². The lowest BCUT2D eigenvalue weighted by Crippen LogP contribution is -2.36. The average molecular weight is 398 g/mol. The van der Waals surface area contributed by atoms with Crippen LogP contribution in [0.25, 0.3) is 0 Å². The first-order valence-corrected chi connectivity index (χ1v) is 8.79. The topological polar surface area (TPSA) is 116 Å². The maximum absolute atomic E-state index is 12.4. The third kappa shape index (κ3) is 4.08. The minimum atomic E-state index is -0.888. The number of nitro groups is 1. The van der Waals surface area contributed by atoms with Crippen molar-refractivity contribution in [3.05, 3.63) is 68.8 Å². The van der Waals surface area contributed by atoms with E-state index in [4.69, 9.17) is 9.47 Å². The molecule has 0 aromatic heterocycles. The van der Waals surface area contributed by atoms with E-state index in [9.17, 15) is 24.5 Å². The van der Waals surface area contributed by atoms with Crippen LogP contribution in [0.4, 0.5) is 5.69 Å². The third-order valence-electron chi connectivity index (χ3n) is 4.41. The number of nitrogens with zero attached hydrogens (tertiary/aromatic N) is 2. The van der Waals surface area contributed by atoms with Gasteiger partial charge in [-0.05, 0) is 37.1 Å². The highest BCUT2D eigenvalue weighted by Gasteiger charge is 2.41. The molecule has 150 valence electrons. The Hall–Kier alpha value is -3.75. The Morgan fingerprint density at radius 1 is 1.10 bits per heavy atom. The molecule has 0 N–H and O–H groups in total. The van der Waals surface area contributed by atoms with E-state index in [1.54, 1.807) is 0 Å². The number of aryl methyl sites for hydroxylation is 2. The van der Waals surface area contributed by atoms with E-state index in [-0.39, 0.29) is 24.3 Å². The van der Waals surface area contributed by atoms with Crippen molar-refractivity contribution in [2.45, 2.75) is 13.8 Å². The number of carbonyl (C=O) groups is 3. The highest BCUT2D eigenvalue weighted by atomic mass is 16.6. The Balaban J connectivity index is 1.57. The van der Waals surface area contributed by atoms with Crippen molar-refractivity contribution >= 4 is 23.5 Å². The third-order valence-corrected chi connectivity index (χ3v) is 4.41. The molecular weight excluding hydrogens is 380 g/mol. The van der Waals surface area contributed by atoms with E-state index >= 15 is 0 Å². The number of nitro benzene ring substituents is 1. The summed E-state index contributed by atoms with van der Waals surface area (Å²) in [6, 6.07) is 9.49. The molecule has 1 aliphatic heterocycles. The van der Waals surface area contributed by atoms with Gasteiger partial charge in [0.2, 0.25) is 0 Å². The maximum Gasteiger partial charge on any atom is 0.326 e. The Kier molecular flexibility index (Phi) is 5.58. The van der Waals surface area contributed by atoms with Crippen molar-refractivity contribution in [2.75, 3.05) is 19.8 Å². The lowest BCUT2D eigenvalue weighted by atomic mass is 10.1. The fourth-order valence-corrected chi connectivity index (χ4v) is 2.96. The summed E-state index contributed by atoms with van der Waals surface area (Å²) in [6.45, 7) is 3.22. The Morgan fingerprint density at radius 2 is 1.86 bits per heavy atom. The molecule has 0 radical (unpaired) electrons. The molecule has 0 fully saturated rings. The standard InChI is InChI=1S/C20H18N2O7/c1-12-6-7-13(2)16(10-12)28-8-9-29-17(23)11-21-19(24)14-4-3-5-15(22(26)27)18(14)20(21)25/h3-7,10H,8-9,11H2,1-2H3. The van der Waals surface area contributed by atoms with Gasteiger partial charge >= 0.3 is 5.97 Å². The number of rotatable bonds is 7. The maximum atomic E-state index is 12.4. The molecule has 1 aliphatic rings. The lowest BCUT2D eigenvalue weighted by Gasteiger charge is -2.14. The molecule has 9 nitrogen and oxygen atoms in total. The largest absolute Gasteiger partial charge is 0.490 e. The van der Waals surface area contributed by atoms with E-state index in [1.165, 1.54) is 12.1 Å². The number of benzene rings is 2. The molecule has 2 aromatic carbocycles. The summed E-state index contributed by atoms with van der Waals surface area (Å²) in [5, 5.41) is 11.1. The highest BCUT2D eigenvalue weighted by Crippen LogP contribution is 2.30. The minimum absolute atomic E-state index is 0.0739. The van der Waals surface area contributed by atoms with Gasteiger partial charge in [-0.3, -0.25) is 29.4 Å². The second kappa shape index (κ2) is 8.09. The zero-order valence-electron chi connectivity index (χ0n) is 15.8. The fourth-order valence-electron chi connectivity index (χ4n) is 2.96. The second-order valence-electron chi connectivity index (χ2n) is 6.49. The van der Waals surface area contributed by atoms with Crippen LogP contribution in [0.5, 0.6) is 5.75 Å². The smallest absolute Gasteiger partial charge is 0.326 e. The van der Waals surface area contributed by atoms with Crippen LogP contribution in [0.2, 0.25) is 0 Å². The van der Waals surface area contributed by atoms with E-state index in [1.807, 2.05) is 32.0 Å². The molecular formula is C20H18N2O7. The van der Waals surface area contributed by atoms with Gasteiger partial charge in [0, 0.05) is 6.07 Å². The van der Waals surface area contributed by atoms with Gasteiger partial charge < -0.3 is 9.47 Å². The van der Waals surface area contributed by atoms with Crippen molar-refractivity contribution in [3.8, 4) is 5.75 Å². The number of hydrogen-bond acceptors (Lipinski definition) is 7. The predicted molar refractivity (Wildman–Crippen MR) is 101 cm³/mol. The predicted octanol–water partition coefficient (Wildman–Crippen LogP) is 2.43. The van der Waals surface area contributed by atoms with Gasteiger partial charge in [0.15, 0.2) is 0 Å². The fraction of sp³-hybridized carbons (Fsp3) is 0.250. The average Bonchev–Trinajstić information content (AvgIpc) is 2.92. The molecule has 2 aromatic rings. The van der Waals surface area contributed by atoms with Gasteiger partial charge in [0.05, 0.1) is 10.5 Å². The summed E-state index contributed by atoms with van der Waals surface area (Å²) in [4.78, 5) is 47.8. The lowest BCUT2D eigenvalue weighted by molar-refractivity contribution is -0.385. The van der Waals surface area contributed by atoms with Crippen LogP contribution < -0.4 is 4.74 Å². The highest BCUT2D eigenvalue weighted by molar-refractivity contribution is 6.24. The van der Waals surface area contributed by atoms with Gasteiger partial charge in [-0.25, -0.2) is 0 Å². The van der Waals surface area contributed by atoms with Crippen molar-refractivity contribution in [3.63, 3.8) is 0 Å². The van der Waals surface area contributed by atoms with Crippen LogP contribution in [0.1, 0.15) is 31.8 Å². The quantitative estimate of drug-likeness (QED) is 0.231. The van der Waals surface area contributed by atoms with Crippen LogP contribution in [-0.2, 0) is 9.53 Å². The van der Waals surface area contributed by atoms with Gasteiger partial charge in [0.1, 0.15) is 31.1 Å². The van der Waals surface area contributed by atoms with Crippen LogP contribution in [-0.4, -0.2) is 47.4 Å². The number of hydrogen-bond donors (Lipinski definition) is 0. The van der Waals surface area contributed by atoms with E-state index < -0.39 is 34.9 Å². The normalized spacial score (nSPS) is 12.7. The monoisotopic (exact) mass is 398 g/mol. The van der Waals surface area contributed by atoms with Gasteiger partial charge in [-0.15, -0.1) is 0 Å². The summed E-state index contributed by atoms with van der Waals surface area (Å²) in [5.74, 6) is -1.79. The molecule has 0 spiro atoms. The van der Waals surface area contributed by atoms with Crippen molar-refractivity contribution in [1.29, 1.82) is 0 Å². The van der Waals surface area contributed by atoms with Gasteiger partial charge in [-0.2, -0.15) is 0 Å². The first kappa shape index (κ1) is 20.0. The molecule has 0 bridgehead atoms. The summed E-state index contributed by atoms with van der Waals surface area (Å²) in [7, 11) is 0. The summed E-state index contributed by atoms with van der Waals surface area (Å²) in [6.07, 6.45) is 0. The zero-order valence-corrected chi connectivity index (χ0v) is 15.8. The minimum Gasteiger partial charge on any atom is -0.490 e.